The van der Waals surface area contributed by atoms with Gasteiger partial charge in [0, 0.05) is 28.0 Å². The van der Waals surface area contributed by atoms with Crippen molar-refractivity contribution in [2.75, 3.05) is 0 Å². The monoisotopic (exact) mass is 579 g/mol. The molecule has 3 aliphatic carbocycles. The van der Waals surface area contributed by atoms with Crippen molar-refractivity contribution in [2.24, 2.45) is 0 Å². The first-order valence-electron chi connectivity index (χ1n) is 16.2. The Morgan fingerprint density at radius 2 is 1.58 bits per heavy atom. The van der Waals surface area contributed by atoms with Crippen molar-refractivity contribution in [3.8, 4) is 11.4 Å². The largest absolute Gasteiger partial charge is 0.313 e. The standard InChI is InChI=1S/C42H33N3/c1-3-14-30(15-4-1)36-27-37(44-42(43-36)31-16-5-2-6-17-31)32-18-11-19-33(26-32)45-38-24-22-28-12-7-9-20-34(28)40(38)41-35-21-10-8-13-29(35)23-25-39(41)45/h2-3,5-7,9-12,14-25,27,32H,1,4,8,13,26H2. The van der Waals surface area contributed by atoms with E-state index in [2.05, 4.69) is 132 Å². The first-order chi connectivity index (χ1) is 22.3. The van der Waals surface area contributed by atoms with Gasteiger partial charge >= 0.3 is 0 Å². The van der Waals surface area contributed by atoms with Gasteiger partial charge < -0.3 is 4.57 Å². The Morgan fingerprint density at radius 3 is 2.49 bits per heavy atom. The predicted octanol–water partition coefficient (Wildman–Crippen LogP) is 10.7. The molecular formula is C42H33N3. The molecular weight excluding hydrogens is 546 g/mol. The van der Waals surface area contributed by atoms with E-state index in [4.69, 9.17) is 9.97 Å². The highest BCUT2D eigenvalue weighted by atomic mass is 15.0. The van der Waals surface area contributed by atoms with Crippen LogP contribution in [0.5, 0.6) is 0 Å². The lowest BCUT2D eigenvalue weighted by Crippen LogP contribution is -2.09. The number of hydrogen-bond donors (Lipinski definition) is 0. The first-order valence-corrected chi connectivity index (χ1v) is 16.2. The van der Waals surface area contributed by atoms with Crippen LogP contribution in [0.3, 0.4) is 0 Å². The van der Waals surface area contributed by atoms with Gasteiger partial charge in [-0.1, -0.05) is 109 Å². The molecule has 2 heterocycles. The summed E-state index contributed by atoms with van der Waals surface area (Å²) in [5, 5.41) is 5.32. The van der Waals surface area contributed by atoms with E-state index >= 15 is 0 Å². The molecule has 216 valence electrons. The average Bonchev–Trinajstić information content (AvgIpc) is 3.48. The van der Waals surface area contributed by atoms with Crippen LogP contribution in [0.25, 0.3) is 61.3 Å². The molecule has 0 bridgehead atoms. The SMILES string of the molecule is C1=CC(c2cc(C3=CCCC=C3)nc(-c3ccccc3)n2)CC(n2c3ccc4c(c3c3c5ccccc5ccc32)C=CCC4)=C1. The number of fused-ring (bicyclic) bond motifs is 7. The molecule has 9 rings (SSSR count). The number of nitrogens with zero attached hydrogens (tertiary/aromatic N) is 3. The minimum Gasteiger partial charge on any atom is -0.313 e. The molecule has 3 heteroatoms. The van der Waals surface area contributed by atoms with Crippen molar-refractivity contribution in [3.05, 3.63) is 150 Å². The molecule has 2 aromatic heterocycles. The zero-order chi connectivity index (χ0) is 29.7. The van der Waals surface area contributed by atoms with Gasteiger partial charge in [-0.05, 0) is 83.9 Å². The van der Waals surface area contributed by atoms with Crippen LogP contribution in [0.1, 0.15) is 54.1 Å². The van der Waals surface area contributed by atoms with Crippen LogP contribution >= 0.6 is 0 Å². The molecule has 0 saturated heterocycles. The second kappa shape index (κ2) is 10.7. The molecule has 1 atom stereocenters. The van der Waals surface area contributed by atoms with E-state index in [0.29, 0.717) is 0 Å². The highest BCUT2D eigenvalue weighted by molar-refractivity contribution is 6.24. The van der Waals surface area contributed by atoms with Crippen LogP contribution < -0.4 is 0 Å². The molecule has 6 aromatic rings. The summed E-state index contributed by atoms with van der Waals surface area (Å²) in [6, 6.07) is 30.7. The van der Waals surface area contributed by atoms with E-state index in [1.165, 1.54) is 55.0 Å². The number of rotatable bonds is 4. The Balaban J connectivity index is 1.21. The van der Waals surface area contributed by atoms with Crippen LogP contribution in [0, 0.1) is 0 Å². The number of hydrogen-bond acceptors (Lipinski definition) is 2. The molecule has 45 heavy (non-hydrogen) atoms. The molecule has 3 aliphatic rings. The van der Waals surface area contributed by atoms with Crippen LogP contribution in [-0.2, 0) is 6.42 Å². The predicted molar refractivity (Wildman–Crippen MR) is 189 cm³/mol. The topological polar surface area (TPSA) is 30.7 Å². The minimum absolute atomic E-state index is 0.132. The summed E-state index contributed by atoms with van der Waals surface area (Å²) in [7, 11) is 0. The maximum absolute atomic E-state index is 5.20. The lowest BCUT2D eigenvalue weighted by molar-refractivity contribution is 0.798. The quantitative estimate of drug-likeness (QED) is 0.208. The third-order valence-electron chi connectivity index (χ3n) is 9.61. The molecule has 0 amide bonds. The molecule has 0 spiro atoms. The van der Waals surface area contributed by atoms with E-state index in [1.807, 2.05) is 6.07 Å². The van der Waals surface area contributed by atoms with Gasteiger partial charge in [0.05, 0.1) is 22.4 Å². The van der Waals surface area contributed by atoms with E-state index in [0.717, 1.165) is 54.9 Å². The summed E-state index contributed by atoms with van der Waals surface area (Å²) in [6.45, 7) is 0. The van der Waals surface area contributed by atoms with Crippen LogP contribution in [0.4, 0.5) is 0 Å². The summed E-state index contributed by atoms with van der Waals surface area (Å²) in [4.78, 5) is 10.3. The summed E-state index contributed by atoms with van der Waals surface area (Å²) in [5.74, 6) is 0.919. The molecule has 1 unspecified atom stereocenters. The van der Waals surface area contributed by atoms with E-state index < -0.39 is 0 Å². The molecule has 3 nitrogen and oxygen atoms in total. The van der Waals surface area contributed by atoms with Gasteiger partial charge in [-0.15, -0.1) is 0 Å². The smallest absolute Gasteiger partial charge is 0.160 e. The fourth-order valence-corrected chi connectivity index (χ4v) is 7.45. The van der Waals surface area contributed by atoms with Gasteiger partial charge in [-0.3, -0.25) is 0 Å². The van der Waals surface area contributed by atoms with Crippen molar-refractivity contribution in [1.82, 2.24) is 14.5 Å². The van der Waals surface area contributed by atoms with Crippen molar-refractivity contribution in [1.29, 1.82) is 0 Å². The number of benzene rings is 4. The van der Waals surface area contributed by atoms with Crippen LogP contribution in [0.15, 0.2) is 127 Å². The molecule has 0 fully saturated rings. The van der Waals surface area contributed by atoms with Crippen molar-refractivity contribution >= 4 is 49.9 Å². The lowest BCUT2D eigenvalue weighted by atomic mass is 9.92. The van der Waals surface area contributed by atoms with Crippen molar-refractivity contribution in [2.45, 2.75) is 38.0 Å². The van der Waals surface area contributed by atoms with Crippen LogP contribution in [0.2, 0.25) is 0 Å². The van der Waals surface area contributed by atoms with Gasteiger partial charge in [0.1, 0.15) is 0 Å². The third-order valence-corrected chi connectivity index (χ3v) is 9.61. The summed E-state index contributed by atoms with van der Waals surface area (Å²) >= 11 is 0. The van der Waals surface area contributed by atoms with Gasteiger partial charge in [0.15, 0.2) is 5.82 Å². The normalized spacial score (nSPS) is 17.6. The minimum atomic E-state index is 0.132. The average molecular weight is 580 g/mol. The second-order valence-electron chi connectivity index (χ2n) is 12.4. The van der Waals surface area contributed by atoms with E-state index in [9.17, 15) is 0 Å². The van der Waals surface area contributed by atoms with Crippen LogP contribution in [-0.4, -0.2) is 14.5 Å². The first kappa shape index (κ1) is 26.2. The van der Waals surface area contributed by atoms with Crippen molar-refractivity contribution < 1.29 is 0 Å². The highest BCUT2D eigenvalue weighted by Gasteiger charge is 2.24. The number of aromatic nitrogens is 3. The lowest BCUT2D eigenvalue weighted by Gasteiger charge is -2.22. The fraction of sp³-hybridized carbons (Fsp3) is 0.143. The second-order valence-corrected chi connectivity index (χ2v) is 12.4. The molecule has 4 aromatic carbocycles. The van der Waals surface area contributed by atoms with Gasteiger partial charge in [0.25, 0.3) is 0 Å². The summed E-state index contributed by atoms with van der Waals surface area (Å²) in [5.41, 5.74) is 10.9. The number of allylic oxidation sites excluding steroid dienone is 9. The Morgan fingerprint density at radius 1 is 0.733 bits per heavy atom. The molecule has 0 N–H and O–H groups in total. The zero-order valence-corrected chi connectivity index (χ0v) is 25.2. The van der Waals surface area contributed by atoms with Crippen molar-refractivity contribution in [3.63, 3.8) is 0 Å². The zero-order valence-electron chi connectivity index (χ0n) is 25.2. The Kier molecular flexibility index (Phi) is 6.22. The highest BCUT2D eigenvalue weighted by Crippen LogP contribution is 2.43. The van der Waals surface area contributed by atoms with Gasteiger partial charge in [0.2, 0.25) is 0 Å². The molecule has 0 saturated carbocycles. The molecule has 0 aliphatic heterocycles. The fourth-order valence-electron chi connectivity index (χ4n) is 7.45. The summed E-state index contributed by atoms with van der Waals surface area (Å²) in [6.07, 6.45) is 23.5. The Hall–Kier alpha value is -5.28. The Labute approximate surface area is 263 Å². The van der Waals surface area contributed by atoms with E-state index in [1.54, 1.807) is 0 Å². The third kappa shape index (κ3) is 4.42. The van der Waals surface area contributed by atoms with E-state index in [-0.39, 0.29) is 5.92 Å². The van der Waals surface area contributed by atoms with Gasteiger partial charge in [-0.25, -0.2) is 9.97 Å². The maximum Gasteiger partial charge on any atom is 0.160 e. The van der Waals surface area contributed by atoms with Gasteiger partial charge in [-0.2, -0.15) is 0 Å². The Bertz CT molecular complexity index is 2290. The summed E-state index contributed by atoms with van der Waals surface area (Å²) < 4.78 is 2.52. The number of aryl methyl sites for hydroxylation is 1. The molecule has 0 radical (unpaired) electrons. The maximum atomic E-state index is 5.20.